The Labute approximate surface area is 387 Å². The highest BCUT2D eigenvalue weighted by atomic mass is 15.1. The molecule has 2 heteroatoms. The smallest absolute Gasteiger partial charge is 0.0561 e. The van der Waals surface area contributed by atoms with E-state index in [9.17, 15) is 0 Å². The van der Waals surface area contributed by atoms with Gasteiger partial charge in [0, 0.05) is 33.3 Å². The Morgan fingerprint density at radius 1 is 0.364 bits per heavy atom. The molecule has 1 aliphatic carbocycles. The quantitative estimate of drug-likeness (QED) is 0.140. The van der Waals surface area contributed by atoms with E-state index in [-0.39, 0.29) is 0 Å². The molecular weight excluding hydrogens is 797 g/mol. The van der Waals surface area contributed by atoms with E-state index in [4.69, 9.17) is 0 Å². The number of nitrogens with zero attached hydrogens (tertiary/aromatic N) is 2. The zero-order chi connectivity index (χ0) is 43.8. The molecule has 10 aromatic carbocycles. The van der Waals surface area contributed by atoms with Gasteiger partial charge in [0.25, 0.3) is 0 Å². The van der Waals surface area contributed by atoms with Gasteiger partial charge in [-0.05, 0) is 111 Å². The van der Waals surface area contributed by atoms with Crippen molar-refractivity contribution in [2.24, 2.45) is 0 Å². The minimum atomic E-state index is 0.560. The number of hydrogen-bond acceptors (Lipinski definition) is 1. The SMILES string of the molecule is c1ccc(-c2ccccc2-c2ccccc2-c2ccccc2N(c2ccc3c4ccccc4n(-c4ccccc4)c3c2)c2ccccc2-c2cccc3cccc(C4CCCCC4)c23)cc1. The first-order valence-corrected chi connectivity index (χ1v) is 23.6. The molecule has 0 atom stereocenters. The van der Waals surface area contributed by atoms with E-state index in [1.54, 1.807) is 0 Å². The fourth-order valence-electron chi connectivity index (χ4n) is 11.0. The van der Waals surface area contributed by atoms with Crippen molar-refractivity contribution in [3.63, 3.8) is 0 Å². The molecule has 2 nitrogen and oxygen atoms in total. The average molecular weight is 847 g/mol. The third kappa shape index (κ3) is 6.98. The van der Waals surface area contributed by atoms with Crippen LogP contribution < -0.4 is 4.90 Å². The van der Waals surface area contributed by atoms with E-state index in [1.807, 2.05) is 0 Å². The summed E-state index contributed by atoms with van der Waals surface area (Å²) in [6.45, 7) is 0. The largest absolute Gasteiger partial charge is 0.309 e. The van der Waals surface area contributed by atoms with Crippen LogP contribution in [0.5, 0.6) is 0 Å². The van der Waals surface area contributed by atoms with Crippen LogP contribution in [-0.2, 0) is 0 Å². The molecule has 0 spiro atoms. The van der Waals surface area contributed by atoms with Crippen molar-refractivity contribution >= 4 is 49.6 Å². The topological polar surface area (TPSA) is 8.17 Å². The first kappa shape index (κ1) is 39.6. The van der Waals surface area contributed by atoms with Gasteiger partial charge in [-0.1, -0.05) is 213 Å². The third-order valence-electron chi connectivity index (χ3n) is 14.0. The van der Waals surface area contributed by atoms with Crippen LogP contribution in [0.25, 0.3) is 82.8 Å². The van der Waals surface area contributed by atoms with Crippen molar-refractivity contribution in [1.29, 1.82) is 0 Å². The molecule has 1 fully saturated rings. The molecule has 1 saturated carbocycles. The standard InChI is InChI=1S/C64H50N2/c1-4-22-45(23-5-1)50-30-10-11-31-52(50)53-32-12-13-33-54(53)55-34-14-17-39-60(55)66(49-42-43-58-56-35-15-18-40-61(56)65(63(58)44-49)48-28-8-3-9-29-48)62-41-19-16-36-57(62)59-38-21-27-47-26-20-37-51(64(47)59)46-24-6-2-7-25-46/h1,3-5,8-23,26-44,46H,2,6-7,24-25H2. The summed E-state index contributed by atoms with van der Waals surface area (Å²) in [4.78, 5) is 2.54. The summed E-state index contributed by atoms with van der Waals surface area (Å²) in [6, 6.07) is 87.4. The molecule has 12 rings (SSSR count). The molecular formula is C64H50N2. The Hall–Kier alpha value is -7.94. The highest BCUT2D eigenvalue weighted by Gasteiger charge is 2.26. The first-order chi connectivity index (χ1) is 32.8. The molecule has 11 aromatic rings. The summed E-state index contributed by atoms with van der Waals surface area (Å²) < 4.78 is 2.43. The van der Waals surface area contributed by atoms with Crippen molar-refractivity contribution in [2.75, 3.05) is 4.90 Å². The van der Waals surface area contributed by atoms with Crippen LogP contribution in [0.1, 0.15) is 43.6 Å². The summed E-state index contributed by atoms with van der Waals surface area (Å²) in [5.41, 5.74) is 18.0. The van der Waals surface area contributed by atoms with Crippen LogP contribution in [0.3, 0.4) is 0 Å². The van der Waals surface area contributed by atoms with Crippen LogP contribution in [-0.4, -0.2) is 4.57 Å². The van der Waals surface area contributed by atoms with Crippen molar-refractivity contribution in [1.82, 2.24) is 4.57 Å². The molecule has 1 aromatic heterocycles. The monoisotopic (exact) mass is 846 g/mol. The molecule has 0 aliphatic heterocycles. The second-order valence-electron chi connectivity index (χ2n) is 17.8. The van der Waals surface area contributed by atoms with Gasteiger partial charge in [0.05, 0.1) is 22.4 Å². The van der Waals surface area contributed by atoms with Gasteiger partial charge in [-0.25, -0.2) is 0 Å². The van der Waals surface area contributed by atoms with E-state index < -0.39 is 0 Å². The maximum absolute atomic E-state index is 2.54. The van der Waals surface area contributed by atoms with Crippen LogP contribution >= 0.6 is 0 Å². The fraction of sp³-hybridized carbons (Fsp3) is 0.0938. The van der Waals surface area contributed by atoms with Gasteiger partial charge in [0.1, 0.15) is 0 Å². The van der Waals surface area contributed by atoms with Crippen LogP contribution in [0, 0.1) is 0 Å². The number of fused-ring (bicyclic) bond motifs is 4. The first-order valence-electron chi connectivity index (χ1n) is 23.6. The molecule has 1 heterocycles. The van der Waals surface area contributed by atoms with E-state index in [1.165, 1.54) is 109 Å². The highest BCUT2D eigenvalue weighted by molar-refractivity contribution is 6.11. The molecule has 0 saturated heterocycles. The summed E-state index contributed by atoms with van der Waals surface area (Å²) in [5, 5.41) is 5.16. The second kappa shape index (κ2) is 17.2. The second-order valence-corrected chi connectivity index (χ2v) is 17.8. The fourth-order valence-corrected chi connectivity index (χ4v) is 11.0. The molecule has 0 bridgehead atoms. The van der Waals surface area contributed by atoms with E-state index >= 15 is 0 Å². The summed E-state index contributed by atoms with van der Waals surface area (Å²) in [6.07, 6.45) is 6.42. The van der Waals surface area contributed by atoms with Crippen molar-refractivity contribution in [3.05, 3.63) is 242 Å². The number of benzene rings is 10. The predicted molar refractivity (Wildman–Crippen MR) is 281 cm³/mol. The minimum Gasteiger partial charge on any atom is -0.309 e. The summed E-state index contributed by atoms with van der Waals surface area (Å²) in [7, 11) is 0. The normalized spacial score (nSPS) is 13.1. The number of para-hydroxylation sites is 4. The Kier molecular flexibility index (Phi) is 10.3. The Morgan fingerprint density at radius 3 is 1.59 bits per heavy atom. The molecule has 66 heavy (non-hydrogen) atoms. The van der Waals surface area contributed by atoms with Crippen LogP contribution in [0.2, 0.25) is 0 Å². The molecule has 0 N–H and O–H groups in total. The Morgan fingerprint density at radius 2 is 0.879 bits per heavy atom. The lowest BCUT2D eigenvalue weighted by Gasteiger charge is -2.31. The summed E-state index contributed by atoms with van der Waals surface area (Å²) in [5.74, 6) is 0.560. The lowest BCUT2D eigenvalue weighted by molar-refractivity contribution is 0.445. The van der Waals surface area contributed by atoms with Crippen LogP contribution in [0.15, 0.2) is 237 Å². The van der Waals surface area contributed by atoms with Gasteiger partial charge in [-0.2, -0.15) is 0 Å². The third-order valence-corrected chi connectivity index (χ3v) is 14.0. The molecule has 0 radical (unpaired) electrons. The maximum atomic E-state index is 2.54. The lowest BCUT2D eigenvalue weighted by Crippen LogP contribution is -2.13. The van der Waals surface area contributed by atoms with E-state index in [0.717, 1.165) is 28.3 Å². The zero-order valence-electron chi connectivity index (χ0n) is 37.0. The number of rotatable bonds is 9. The molecule has 1 aliphatic rings. The maximum Gasteiger partial charge on any atom is 0.0561 e. The van der Waals surface area contributed by atoms with Gasteiger partial charge in [-0.15, -0.1) is 0 Å². The van der Waals surface area contributed by atoms with E-state index in [2.05, 4.69) is 246 Å². The van der Waals surface area contributed by atoms with Crippen LogP contribution in [0.4, 0.5) is 17.1 Å². The van der Waals surface area contributed by atoms with Gasteiger partial charge in [0.15, 0.2) is 0 Å². The van der Waals surface area contributed by atoms with Gasteiger partial charge in [0.2, 0.25) is 0 Å². The number of hydrogen-bond donors (Lipinski definition) is 0. The van der Waals surface area contributed by atoms with Crippen molar-refractivity contribution in [3.8, 4) is 50.2 Å². The lowest BCUT2D eigenvalue weighted by atomic mass is 9.80. The summed E-state index contributed by atoms with van der Waals surface area (Å²) >= 11 is 0. The van der Waals surface area contributed by atoms with Gasteiger partial charge < -0.3 is 9.47 Å². The van der Waals surface area contributed by atoms with Crippen molar-refractivity contribution < 1.29 is 0 Å². The minimum absolute atomic E-state index is 0.560. The van der Waals surface area contributed by atoms with Crippen molar-refractivity contribution in [2.45, 2.75) is 38.0 Å². The number of aromatic nitrogens is 1. The van der Waals surface area contributed by atoms with Gasteiger partial charge in [-0.3, -0.25) is 0 Å². The Balaban J connectivity index is 1.13. The predicted octanol–water partition coefficient (Wildman–Crippen LogP) is 18.1. The van der Waals surface area contributed by atoms with Gasteiger partial charge >= 0.3 is 0 Å². The molecule has 0 amide bonds. The van der Waals surface area contributed by atoms with E-state index in [0.29, 0.717) is 5.92 Å². The molecule has 316 valence electrons. The Bertz CT molecular complexity index is 3520. The highest BCUT2D eigenvalue weighted by Crippen LogP contribution is 2.50. The zero-order valence-corrected chi connectivity index (χ0v) is 37.0. The number of anilines is 3. The average Bonchev–Trinajstić information content (AvgIpc) is 3.73. The molecule has 0 unspecified atom stereocenters.